The maximum Gasteiger partial charge on any atom is 0.407 e. The van der Waals surface area contributed by atoms with Gasteiger partial charge in [-0.25, -0.2) is 4.79 Å². The lowest BCUT2D eigenvalue weighted by Gasteiger charge is -2.21. The SMILES string of the molecule is CCNC(=O)OCCC(C)(C)CC. The average molecular weight is 187 g/mol. The Hall–Kier alpha value is -0.730. The molecule has 0 rings (SSSR count). The van der Waals surface area contributed by atoms with Crippen molar-refractivity contribution >= 4 is 6.09 Å². The fraction of sp³-hybridized carbons (Fsp3) is 0.900. The number of alkyl carbamates (subject to hydrolysis) is 1. The smallest absolute Gasteiger partial charge is 0.407 e. The molecule has 0 atom stereocenters. The van der Waals surface area contributed by atoms with E-state index in [1.807, 2.05) is 6.92 Å². The molecule has 1 amide bonds. The molecule has 0 aliphatic heterocycles. The van der Waals surface area contributed by atoms with Crippen LogP contribution in [0.3, 0.4) is 0 Å². The van der Waals surface area contributed by atoms with Gasteiger partial charge < -0.3 is 10.1 Å². The lowest BCUT2D eigenvalue weighted by molar-refractivity contribution is 0.128. The summed E-state index contributed by atoms with van der Waals surface area (Å²) in [7, 11) is 0. The quantitative estimate of drug-likeness (QED) is 0.718. The third-order valence-corrected chi connectivity index (χ3v) is 2.29. The molecule has 0 bridgehead atoms. The van der Waals surface area contributed by atoms with Gasteiger partial charge in [0, 0.05) is 6.54 Å². The Labute approximate surface area is 80.8 Å². The Balaban J connectivity index is 3.50. The molecule has 0 aliphatic carbocycles. The molecule has 0 aromatic rings. The first-order valence-corrected chi connectivity index (χ1v) is 4.92. The van der Waals surface area contributed by atoms with Gasteiger partial charge in [0.25, 0.3) is 0 Å². The number of hydrogen-bond acceptors (Lipinski definition) is 2. The molecule has 0 fully saturated rings. The van der Waals surface area contributed by atoms with Gasteiger partial charge in [-0.15, -0.1) is 0 Å². The zero-order valence-corrected chi connectivity index (χ0v) is 9.14. The van der Waals surface area contributed by atoms with Gasteiger partial charge in [-0.2, -0.15) is 0 Å². The molecule has 78 valence electrons. The summed E-state index contributed by atoms with van der Waals surface area (Å²) in [6.45, 7) is 9.49. The minimum atomic E-state index is -0.311. The summed E-state index contributed by atoms with van der Waals surface area (Å²) >= 11 is 0. The van der Waals surface area contributed by atoms with Crippen LogP contribution < -0.4 is 5.32 Å². The van der Waals surface area contributed by atoms with Gasteiger partial charge >= 0.3 is 6.09 Å². The largest absolute Gasteiger partial charge is 0.450 e. The van der Waals surface area contributed by atoms with E-state index in [4.69, 9.17) is 4.74 Å². The molecule has 0 saturated carbocycles. The van der Waals surface area contributed by atoms with Crippen molar-refractivity contribution in [2.45, 2.75) is 40.5 Å². The van der Waals surface area contributed by atoms with Crippen LogP contribution in [0, 0.1) is 5.41 Å². The van der Waals surface area contributed by atoms with Crippen LogP contribution in [0.4, 0.5) is 4.79 Å². The van der Waals surface area contributed by atoms with E-state index < -0.39 is 0 Å². The summed E-state index contributed by atoms with van der Waals surface area (Å²) in [4.78, 5) is 10.9. The highest BCUT2D eigenvalue weighted by Crippen LogP contribution is 2.23. The minimum absolute atomic E-state index is 0.270. The average Bonchev–Trinajstić information content (AvgIpc) is 2.05. The number of nitrogens with one attached hydrogen (secondary N) is 1. The number of hydrogen-bond donors (Lipinski definition) is 1. The predicted molar refractivity (Wildman–Crippen MR) is 53.7 cm³/mol. The number of rotatable bonds is 5. The number of amides is 1. The van der Waals surface area contributed by atoms with Crippen molar-refractivity contribution in [3.05, 3.63) is 0 Å². The van der Waals surface area contributed by atoms with Crippen molar-refractivity contribution in [3.8, 4) is 0 Å². The molecule has 13 heavy (non-hydrogen) atoms. The summed E-state index contributed by atoms with van der Waals surface area (Å²) in [6, 6.07) is 0. The van der Waals surface area contributed by atoms with Crippen molar-refractivity contribution in [3.63, 3.8) is 0 Å². The Morgan fingerprint density at radius 1 is 1.38 bits per heavy atom. The molecule has 0 aromatic carbocycles. The fourth-order valence-electron chi connectivity index (χ4n) is 0.792. The van der Waals surface area contributed by atoms with Crippen LogP contribution in [-0.2, 0) is 4.74 Å². The lowest BCUT2D eigenvalue weighted by Crippen LogP contribution is -2.25. The van der Waals surface area contributed by atoms with Crippen molar-refractivity contribution in [2.75, 3.05) is 13.2 Å². The van der Waals surface area contributed by atoms with Gasteiger partial charge in [0.2, 0.25) is 0 Å². The van der Waals surface area contributed by atoms with Crippen LogP contribution in [0.15, 0.2) is 0 Å². The molecule has 0 radical (unpaired) electrons. The van der Waals surface area contributed by atoms with E-state index in [0.717, 1.165) is 12.8 Å². The van der Waals surface area contributed by atoms with E-state index >= 15 is 0 Å². The van der Waals surface area contributed by atoms with Gasteiger partial charge in [-0.1, -0.05) is 27.2 Å². The van der Waals surface area contributed by atoms with Gasteiger partial charge in [0.1, 0.15) is 0 Å². The molecule has 1 N–H and O–H groups in total. The Kier molecular flexibility index (Phi) is 5.51. The van der Waals surface area contributed by atoms with Crippen LogP contribution in [0.25, 0.3) is 0 Å². The van der Waals surface area contributed by atoms with E-state index in [0.29, 0.717) is 13.2 Å². The zero-order valence-electron chi connectivity index (χ0n) is 9.14. The number of carbonyl (C=O) groups is 1. The Morgan fingerprint density at radius 2 is 2.00 bits per heavy atom. The van der Waals surface area contributed by atoms with E-state index in [-0.39, 0.29) is 11.5 Å². The molecule has 0 heterocycles. The molecule has 3 heteroatoms. The van der Waals surface area contributed by atoms with Crippen LogP contribution in [0.2, 0.25) is 0 Å². The number of carbonyl (C=O) groups excluding carboxylic acids is 1. The Morgan fingerprint density at radius 3 is 2.46 bits per heavy atom. The van der Waals surface area contributed by atoms with Gasteiger partial charge in [-0.05, 0) is 18.8 Å². The summed E-state index contributed by atoms with van der Waals surface area (Å²) < 4.78 is 4.97. The first-order valence-electron chi connectivity index (χ1n) is 4.92. The highest BCUT2D eigenvalue weighted by Gasteiger charge is 2.15. The second kappa shape index (κ2) is 5.84. The maximum absolute atomic E-state index is 10.9. The summed E-state index contributed by atoms with van der Waals surface area (Å²) in [6.07, 6.45) is 1.71. The van der Waals surface area contributed by atoms with Crippen LogP contribution in [0.1, 0.15) is 40.5 Å². The molecule has 0 saturated heterocycles. The van der Waals surface area contributed by atoms with E-state index in [2.05, 4.69) is 26.1 Å². The van der Waals surface area contributed by atoms with Crippen molar-refractivity contribution < 1.29 is 9.53 Å². The number of ether oxygens (including phenoxy) is 1. The van der Waals surface area contributed by atoms with Crippen molar-refractivity contribution in [1.29, 1.82) is 0 Å². The molecular weight excluding hydrogens is 166 g/mol. The monoisotopic (exact) mass is 187 g/mol. The third kappa shape index (κ3) is 6.43. The van der Waals surface area contributed by atoms with E-state index in [9.17, 15) is 4.79 Å². The first kappa shape index (κ1) is 12.3. The van der Waals surface area contributed by atoms with Crippen LogP contribution in [-0.4, -0.2) is 19.2 Å². The zero-order chi connectivity index (χ0) is 10.3. The molecule has 3 nitrogen and oxygen atoms in total. The second-order valence-corrected chi connectivity index (χ2v) is 3.93. The van der Waals surface area contributed by atoms with Crippen molar-refractivity contribution in [2.24, 2.45) is 5.41 Å². The first-order chi connectivity index (χ1) is 6.02. The molecule has 0 aliphatic rings. The standard InChI is InChI=1S/C10H21NO2/c1-5-10(3,4)7-8-13-9(12)11-6-2/h5-8H2,1-4H3,(H,11,12). The molecule has 0 aromatic heterocycles. The lowest BCUT2D eigenvalue weighted by atomic mass is 9.87. The van der Waals surface area contributed by atoms with Crippen LogP contribution >= 0.6 is 0 Å². The van der Waals surface area contributed by atoms with Gasteiger partial charge in [0.15, 0.2) is 0 Å². The maximum atomic E-state index is 10.9. The highest BCUT2D eigenvalue weighted by atomic mass is 16.5. The second-order valence-electron chi connectivity index (χ2n) is 3.93. The molecule has 0 unspecified atom stereocenters. The highest BCUT2D eigenvalue weighted by molar-refractivity contribution is 5.66. The van der Waals surface area contributed by atoms with E-state index in [1.54, 1.807) is 0 Å². The van der Waals surface area contributed by atoms with Crippen molar-refractivity contribution in [1.82, 2.24) is 5.32 Å². The normalized spacial score (nSPS) is 11.1. The summed E-state index contributed by atoms with van der Waals surface area (Å²) in [5.74, 6) is 0. The summed E-state index contributed by atoms with van der Waals surface area (Å²) in [5.41, 5.74) is 0.270. The van der Waals surface area contributed by atoms with Gasteiger partial charge in [-0.3, -0.25) is 0 Å². The predicted octanol–water partition coefficient (Wildman–Crippen LogP) is 2.56. The van der Waals surface area contributed by atoms with Crippen LogP contribution in [0.5, 0.6) is 0 Å². The van der Waals surface area contributed by atoms with Gasteiger partial charge in [0.05, 0.1) is 6.61 Å². The topological polar surface area (TPSA) is 38.3 Å². The minimum Gasteiger partial charge on any atom is -0.450 e. The summed E-state index contributed by atoms with van der Waals surface area (Å²) in [5, 5.41) is 2.59. The van der Waals surface area contributed by atoms with E-state index in [1.165, 1.54) is 0 Å². The fourth-order valence-corrected chi connectivity index (χ4v) is 0.792. The molecular formula is C10H21NO2. The Bertz CT molecular complexity index is 155. The third-order valence-electron chi connectivity index (χ3n) is 2.29. The molecule has 0 spiro atoms.